The van der Waals surface area contributed by atoms with E-state index in [-0.39, 0.29) is 11.2 Å². The quantitative estimate of drug-likeness (QED) is 0.740. The van der Waals surface area contributed by atoms with Gasteiger partial charge in [-0.2, -0.15) is 5.10 Å². The lowest BCUT2D eigenvalue weighted by molar-refractivity contribution is 0.0187. The molecule has 0 N–H and O–H groups in total. The molecule has 1 heterocycles. The van der Waals surface area contributed by atoms with Crippen LogP contribution in [0.4, 0.5) is 0 Å². The molecule has 1 rings (SSSR count). The first kappa shape index (κ1) is 13.9. The molecule has 1 unspecified atom stereocenters. The summed E-state index contributed by atoms with van der Waals surface area (Å²) in [5, 5.41) is 4.17. The van der Waals surface area contributed by atoms with Gasteiger partial charge in [0.25, 0.3) is 0 Å². The zero-order valence-corrected chi connectivity index (χ0v) is 11.4. The average Bonchev–Trinajstić information content (AvgIpc) is 2.65. The number of aryl methyl sites for hydroxylation is 1. The second-order valence-electron chi connectivity index (χ2n) is 5.29. The first-order valence-corrected chi connectivity index (χ1v) is 6.00. The van der Waals surface area contributed by atoms with Crippen molar-refractivity contribution in [1.82, 2.24) is 9.78 Å². The van der Waals surface area contributed by atoms with Crippen LogP contribution >= 0.6 is 0 Å². The zero-order chi connectivity index (χ0) is 13.1. The fourth-order valence-corrected chi connectivity index (χ4v) is 1.92. The van der Waals surface area contributed by atoms with Crippen molar-refractivity contribution in [3.8, 4) is 0 Å². The van der Waals surface area contributed by atoms with Crippen LogP contribution in [0.3, 0.4) is 0 Å². The maximum atomic E-state index is 12.4. The second-order valence-corrected chi connectivity index (χ2v) is 5.29. The number of rotatable bonds is 5. The minimum atomic E-state index is -0.435. The smallest absolute Gasteiger partial charge is 0.210 e. The summed E-state index contributed by atoms with van der Waals surface area (Å²) in [5.74, 6) is 0.00551. The number of ketones is 1. The zero-order valence-electron chi connectivity index (χ0n) is 11.4. The van der Waals surface area contributed by atoms with Crippen LogP contribution in [0.1, 0.15) is 44.6 Å². The standard InChI is InChI=1S/C13H22N2O2/c1-6-9-15-10(7-8-14-15)11(16)12(17-5)13(2,3)4/h7-8,12H,6,9H2,1-5H3. The van der Waals surface area contributed by atoms with E-state index in [2.05, 4.69) is 12.0 Å². The molecule has 0 aromatic carbocycles. The van der Waals surface area contributed by atoms with Crippen LogP contribution in [0.5, 0.6) is 0 Å². The number of methoxy groups -OCH3 is 1. The molecule has 0 aliphatic heterocycles. The lowest BCUT2D eigenvalue weighted by atomic mass is 9.85. The molecule has 1 aromatic rings. The van der Waals surface area contributed by atoms with Gasteiger partial charge in [-0.15, -0.1) is 0 Å². The Kier molecular flexibility index (Phi) is 4.46. The molecule has 4 nitrogen and oxygen atoms in total. The van der Waals surface area contributed by atoms with E-state index in [0.717, 1.165) is 13.0 Å². The third kappa shape index (κ3) is 3.16. The highest BCUT2D eigenvalue weighted by molar-refractivity contribution is 5.98. The predicted molar refractivity (Wildman–Crippen MR) is 67.1 cm³/mol. The van der Waals surface area contributed by atoms with E-state index >= 15 is 0 Å². The predicted octanol–water partition coefficient (Wildman–Crippen LogP) is 2.54. The molecular formula is C13H22N2O2. The first-order chi connectivity index (χ1) is 7.91. The summed E-state index contributed by atoms with van der Waals surface area (Å²) >= 11 is 0. The number of hydrogen-bond donors (Lipinski definition) is 0. The van der Waals surface area contributed by atoms with E-state index in [1.54, 1.807) is 24.1 Å². The number of nitrogens with zero attached hydrogens (tertiary/aromatic N) is 2. The third-order valence-electron chi connectivity index (χ3n) is 2.66. The number of Topliss-reactive ketones (excluding diaryl/α,β-unsaturated/α-hetero) is 1. The molecule has 17 heavy (non-hydrogen) atoms. The maximum Gasteiger partial charge on any atom is 0.210 e. The number of carbonyl (C=O) groups excluding carboxylic acids is 1. The summed E-state index contributed by atoms with van der Waals surface area (Å²) in [4.78, 5) is 12.4. The second kappa shape index (κ2) is 5.45. The van der Waals surface area contributed by atoms with E-state index in [1.165, 1.54) is 0 Å². The van der Waals surface area contributed by atoms with Gasteiger partial charge in [-0.1, -0.05) is 27.7 Å². The largest absolute Gasteiger partial charge is 0.373 e. The van der Waals surface area contributed by atoms with Gasteiger partial charge in [0.1, 0.15) is 11.8 Å². The Labute approximate surface area is 103 Å². The van der Waals surface area contributed by atoms with Crippen molar-refractivity contribution in [2.24, 2.45) is 5.41 Å². The third-order valence-corrected chi connectivity index (χ3v) is 2.66. The monoisotopic (exact) mass is 238 g/mol. The highest BCUT2D eigenvalue weighted by Gasteiger charge is 2.33. The Morgan fingerprint density at radius 3 is 2.65 bits per heavy atom. The van der Waals surface area contributed by atoms with Gasteiger partial charge in [0.05, 0.1) is 0 Å². The van der Waals surface area contributed by atoms with Crippen molar-refractivity contribution in [2.75, 3.05) is 7.11 Å². The minimum Gasteiger partial charge on any atom is -0.373 e. The van der Waals surface area contributed by atoms with E-state index in [9.17, 15) is 4.79 Å². The van der Waals surface area contributed by atoms with Crippen molar-refractivity contribution in [3.05, 3.63) is 18.0 Å². The average molecular weight is 238 g/mol. The van der Waals surface area contributed by atoms with Crippen LogP contribution in [0.15, 0.2) is 12.3 Å². The molecular weight excluding hydrogens is 216 g/mol. The van der Waals surface area contributed by atoms with E-state index < -0.39 is 6.10 Å². The lowest BCUT2D eigenvalue weighted by Crippen LogP contribution is -2.37. The highest BCUT2D eigenvalue weighted by atomic mass is 16.5. The van der Waals surface area contributed by atoms with Gasteiger partial charge in [0, 0.05) is 19.9 Å². The Balaban J connectivity index is 2.98. The molecule has 4 heteroatoms. The van der Waals surface area contributed by atoms with E-state index in [4.69, 9.17) is 4.74 Å². The molecule has 1 aromatic heterocycles. The van der Waals surface area contributed by atoms with Crippen molar-refractivity contribution in [2.45, 2.75) is 46.8 Å². The Morgan fingerprint density at radius 1 is 1.53 bits per heavy atom. The summed E-state index contributed by atoms with van der Waals surface area (Å²) in [5.41, 5.74) is 0.418. The summed E-state index contributed by atoms with van der Waals surface area (Å²) in [6.07, 6.45) is 2.18. The maximum absolute atomic E-state index is 12.4. The van der Waals surface area contributed by atoms with Crippen LogP contribution in [-0.2, 0) is 11.3 Å². The van der Waals surface area contributed by atoms with Crippen molar-refractivity contribution < 1.29 is 9.53 Å². The molecule has 96 valence electrons. The van der Waals surface area contributed by atoms with Gasteiger partial charge < -0.3 is 4.74 Å². The van der Waals surface area contributed by atoms with E-state index in [0.29, 0.717) is 5.69 Å². The number of hydrogen-bond acceptors (Lipinski definition) is 3. The van der Waals surface area contributed by atoms with Crippen LogP contribution < -0.4 is 0 Å². The Hall–Kier alpha value is -1.16. The van der Waals surface area contributed by atoms with Crippen molar-refractivity contribution >= 4 is 5.78 Å². The van der Waals surface area contributed by atoms with Crippen LogP contribution in [0.2, 0.25) is 0 Å². The topological polar surface area (TPSA) is 44.1 Å². The SMILES string of the molecule is CCCn1nccc1C(=O)C(OC)C(C)(C)C. The van der Waals surface area contributed by atoms with Gasteiger partial charge in [-0.05, 0) is 17.9 Å². The van der Waals surface area contributed by atoms with Gasteiger partial charge in [0.2, 0.25) is 5.78 Å². The first-order valence-electron chi connectivity index (χ1n) is 6.00. The van der Waals surface area contributed by atoms with Crippen LogP contribution in [-0.4, -0.2) is 28.8 Å². The molecule has 0 aliphatic rings. The Bertz CT molecular complexity index is 377. The summed E-state index contributed by atoms with van der Waals surface area (Å²) < 4.78 is 7.09. The fraction of sp³-hybridized carbons (Fsp3) is 0.692. The molecule has 1 atom stereocenters. The minimum absolute atomic E-state index is 0.00551. The van der Waals surface area contributed by atoms with Gasteiger partial charge in [-0.25, -0.2) is 0 Å². The van der Waals surface area contributed by atoms with Gasteiger partial charge in [0.15, 0.2) is 0 Å². The van der Waals surface area contributed by atoms with Crippen LogP contribution in [0, 0.1) is 5.41 Å². The molecule has 0 aliphatic carbocycles. The van der Waals surface area contributed by atoms with Crippen molar-refractivity contribution in [1.29, 1.82) is 0 Å². The molecule has 0 fully saturated rings. The molecule has 0 amide bonds. The highest BCUT2D eigenvalue weighted by Crippen LogP contribution is 2.25. The summed E-state index contributed by atoms with van der Waals surface area (Å²) in [7, 11) is 1.58. The van der Waals surface area contributed by atoms with Crippen molar-refractivity contribution in [3.63, 3.8) is 0 Å². The molecule has 0 saturated heterocycles. The molecule has 0 saturated carbocycles. The lowest BCUT2D eigenvalue weighted by Gasteiger charge is -2.28. The fourth-order valence-electron chi connectivity index (χ4n) is 1.92. The van der Waals surface area contributed by atoms with Crippen LogP contribution in [0.25, 0.3) is 0 Å². The normalized spacial score (nSPS) is 13.7. The summed E-state index contributed by atoms with van der Waals surface area (Å²) in [6.45, 7) is 8.82. The molecule has 0 radical (unpaired) electrons. The molecule has 0 spiro atoms. The number of carbonyl (C=O) groups is 1. The number of aromatic nitrogens is 2. The van der Waals surface area contributed by atoms with Gasteiger partial charge >= 0.3 is 0 Å². The molecule has 0 bridgehead atoms. The van der Waals surface area contributed by atoms with Gasteiger partial charge in [-0.3, -0.25) is 9.48 Å². The van der Waals surface area contributed by atoms with E-state index in [1.807, 2.05) is 20.8 Å². The summed E-state index contributed by atoms with van der Waals surface area (Å²) in [6, 6.07) is 1.76. The Morgan fingerprint density at radius 2 is 2.18 bits per heavy atom. The number of ether oxygens (including phenoxy) is 1.